The van der Waals surface area contributed by atoms with Crippen LogP contribution in [-0.2, 0) is 0 Å². The molecule has 14 heavy (non-hydrogen) atoms. The minimum Gasteiger partial charge on any atom is -0.314 e. The summed E-state index contributed by atoms with van der Waals surface area (Å²) >= 11 is 0. The van der Waals surface area contributed by atoms with E-state index in [0.29, 0.717) is 0 Å². The third-order valence-corrected chi connectivity index (χ3v) is 4.63. The second-order valence-corrected chi connectivity index (χ2v) is 5.37. The van der Waals surface area contributed by atoms with E-state index in [0.717, 1.165) is 17.9 Å². The van der Waals surface area contributed by atoms with Gasteiger partial charge < -0.3 is 5.32 Å². The van der Waals surface area contributed by atoms with Crippen molar-refractivity contribution in [3.8, 4) is 0 Å². The highest BCUT2D eigenvalue weighted by atomic mass is 15.2. The highest BCUT2D eigenvalue weighted by Gasteiger charge is 2.38. The maximum atomic E-state index is 3.46. The fourth-order valence-electron chi connectivity index (χ4n) is 3.80. The van der Waals surface area contributed by atoms with Gasteiger partial charge in [-0.2, -0.15) is 0 Å². The van der Waals surface area contributed by atoms with E-state index < -0.39 is 0 Å². The molecule has 0 aromatic heterocycles. The number of hydrogen-bond acceptors (Lipinski definition) is 2. The van der Waals surface area contributed by atoms with Gasteiger partial charge in [-0.25, -0.2) is 0 Å². The first kappa shape index (κ1) is 9.17. The van der Waals surface area contributed by atoms with Crippen molar-refractivity contribution >= 4 is 0 Å². The molecule has 4 fully saturated rings. The van der Waals surface area contributed by atoms with Crippen molar-refractivity contribution in [2.75, 3.05) is 26.2 Å². The highest BCUT2D eigenvalue weighted by molar-refractivity contribution is 4.92. The maximum absolute atomic E-state index is 3.46. The molecule has 3 aliphatic carbocycles. The molecule has 0 aromatic rings. The lowest BCUT2D eigenvalue weighted by Crippen LogP contribution is -2.54. The maximum Gasteiger partial charge on any atom is 0.0127 e. The van der Waals surface area contributed by atoms with Crippen molar-refractivity contribution in [3.05, 3.63) is 0 Å². The Morgan fingerprint density at radius 1 is 0.929 bits per heavy atom. The molecule has 1 unspecified atom stereocenters. The van der Waals surface area contributed by atoms with Gasteiger partial charge in [0.05, 0.1) is 0 Å². The van der Waals surface area contributed by atoms with Crippen molar-refractivity contribution in [2.24, 2.45) is 11.8 Å². The van der Waals surface area contributed by atoms with Gasteiger partial charge in [0.15, 0.2) is 0 Å². The van der Waals surface area contributed by atoms with E-state index >= 15 is 0 Å². The Hall–Kier alpha value is -0.0800. The van der Waals surface area contributed by atoms with Crippen molar-refractivity contribution in [2.45, 2.75) is 38.1 Å². The lowest BCUT2D eigenvalue weighted by Gasteiger charge is -2.48. The third kappa shape index (κ3) is 1.59. The van der Waals surface area contributed by atoms with Gasteiger partial charge in [0.25, 0.3) is 0 Å². The molecule has 2 heteroatoms. The highest BCUT2D eigenvalue weighted by Crippen LogP contribution is 2.43. The fraction of sp³-hybridized carbons (Fsp3) is 1.00. The Bertz CT molecular complexity index is 190. The Balaban J connectivity index is 1.66. The van der Waals surface area contributed by atoms with Crippen LogP contribution in [0.1, 0.15) is 32.1 Å². The third-order valence-electron chi connectivity index (χ3n) is 4.63. The zero-order valence-corrected chi connectivity index (χ0v) is 9.04. The number of nitrogens with one attached hydrogen (secondary N) is 1. The molecule has 2 nitrogen and oxygen atoms in total. The smallest absolute Gasteiger partial charge is 0.0127 e. The van der Waals surface area contributed by atoms with Crippen LogP contribution in [0.2, 0.25) is 0 Å². The SMILES string of the molecule is C1CN(C2CC3CCC2CC3)CCN1. The van der Waals surface area contributed by atoms with E-state index in [4.69, 9.17) is 0 Å². The van der Waals surface area contributed by atoms with Gasteiger partial charge in [-0.3, -0.25) is 4.90 Å². The van der Waals surface area contributed by atoms with E-state index in [1.807, 2.05) is 0 Å². The molecule has 4 rings (SSSR count). The average molecular weight is 194 g/mol. The van der Waals surface area contributed by atoms with Crippen LogP contribution in [0.3, 0.4) is 0 Å². The monoisotopic (exact) mass is 194 g/mol. The van der Waals surface area contributed by atoms with Crippen LogP contribution >= 0.6 is 0 Å². The molecule has 0 amide bonds. The number of piperazine rings is 1. The van der Waals surface area contributed by atoms with E-state index in [1.54, 1.807) is 0 Å². The quantitative estimate of drug-likeness (QED) is 0.680. The van der Waals surface area contributed by atoms with Crippen LogP contribution in [0, 0.1) is 11.8 Å². The molecular weight excluding hydrogens is 172 g/mol. The topological polar surface area (TPSA) is 15.3 Å². The number of fused-ring (bicyclic) bond motifs is 3. The van der Waals surface area contributed by atoms with E-state index in [9.17, 15) is 0 Å². The zero-order chi connectivity index (χ0) is 9.38. The molecule has 4 aliphatic rings. The molecule has 1 N–H and O–H groups in total. The van der Waals surface area contributed by atoms with Crippen LogP contribution < -0.4 is 5.32 Å². The predicted molar refractivity (Wildman–Crippen MR) is 58.3 cm³/mol. The van der Waals surface area contributed by atoms with Crippen LogP contribution in [0.15, 0.2) is 0 Å². The standard InChI is InChI=1S/C12H22N2/c1-3-11-4-2-10(1)9-12(11)14-7-5-13-6-8-14/h10-13H,1-9H2. The second-order valence-electron chi connectivity index (χ2n) is 5.37. The van der Waals surface area contributed by atoms with Crippen molar-refractivity contribution in [1.82, 2.24) is 10.2 Å². The number of hydrogen-bond donors (Lipinski definition) is 1. The molecule has 0 spiro atoms. The molecule has 1 heterocycles. The first-order chi connectivity index (χ1) is 6.93. The van der Waals surface area contributed by atoms with Gasteiger partial charge in [0, 0.05) is 32.2 Å². The normalized spacial score (nSPS) is 44.1. The van der Waals surface area contributed by atoms with Gasteiger partial charge in [0.1, 0.15) is 0 Å². The summed E-state index contributed by atoms with van der Waals surface area (Å²) in [6, 6.07) is 0.963. The largest absolute Gasteiger partial charge is 0.314 e. The molecule has 0 aromatic carbocycles. The van der Waals surface area contributed by atoms with Crippen molar-refractivity contribution in [3.63, 3.8) is 0 Å². The van der Waals surface area contributed by atoms with Gasteiger partial charge in [-0.15, -0.1) is 0 Å². The molecule has 3 saturated carbocycles. The summed E-state index contributed by atoms with van der Waals surface area (Å²) in [4.78, 5) is 2.77. The van der Waals surface area contributed by atoms with Crippen LogP contribution in [0.25, 0.3) is 0 Å². The van der Waals surface area contributed by atoms with Gasteiger partial charge in [0.2, 0.25) is 0 Å². The van der Waals surface area contributed by atoms with Crippen molar-refractivity contribution < 1.29 is 0 Å². The zero-order valence-electron chi connectivity index (χ0n) is 9.04. The van der Waals surface area contributed by atoms with E-state index in [2.05, 4.69) is 10.2 Å². The first-order valence-electron chi connectivity index (χ1n) is 6.38. The summed E-state index contributed by atoms with van der Waals surface area (Å²) in [5, 5.41) is 3.46. The van der Waals surface area contributed by atoms with E-state index in [-0.39, 0.29) is 0 Å². The summed E-state index contributed by atoms with van der Waals surface area (Å²) in [5.41, 5.74) is 0. The second kappa shape index (κ2) is 3.82. The summed E-state index contributed by atoms with van der Waals surface area (Å²) in [5.74, 6) is 2.14. The average Bonchev–Trinajstić information content (AvgIpc) is 2.32. The summed E-state index contributed by atoms with van der Waals surface area (Å²) in [6.45, 7) is 5.03. The summed E-state index contributed by atoms with van der Waals surface area (Å²) in [6.07, 6.45) is 7.64. The number of rotatable bonds is 1. The molecule has 80 valence electrons. The lowest BCUT2D eigenvalue weighted by molar-refractivity contribution is 0.0274. The fourth-order valence-corrected chi connectivity index (χ4v) is 3.80. The molecular formula is C12H22N2. The van der Waals surface area contributed by atoms with E-state index in [1.165, 1.54) is 58.3 Å². The lowest BCUT2D eigenvalue weighted by atomic mass is 9.67. The molecule has 1 atom stereocenters. The predicted octanol–water partition coefficient (Wildman–Crippen LogP) is 1.47. The minimum absolute atomic E-state index is 0.963. The Morgan fingerprint density at radius 2 is 1.64 bits per heavy atom. The Labute approximate surface area is 87.0 Å². The molecule has 0 radical (unpaired) electrons. The van der Waals surface area contributed by atoms with Crippen LogP contribution in [-0.4, -0.2) is 37.1 Å². The molecule has 1 aliphatic heterocycles. The molecule has 1 saturated heterocycles. The summed E-state index contributed by atoms with van der Waals surface area (Å²) < 4.78 is 0. The van der Waals surface area contributed by atoms with Crippen LogP contribution in [0.5, 0.6) is 0 Å². The van der Waals surface area contributed by atoms with Crippen molar-refractivity contribution in [1.29, 1.82) is 0 Å². The minimum atomic E-state index is 0.963. The first-order valence-corrected chi connectivity index (χ1v) is 6.38. The number of nitrogens with zero attached hydrogens (tertiary/aromatic N) is 1. The Morgan fingerprint density at radius 3 is 2.21 bits per heavy atom. The molecule has 2 bridgehead atoms. The van der Waals surface area contributed by atoms with Gasteiger partial charge in [-0.1, -0.05) is 12.8 Å². The summed E-state index contributed by atoms with van der Waals surface area (Å²) in [7, 11) is 0. The van der Waals surface area contributed by atoms with Gasteiger partial charge >= 0.3 is 0 Å². The van der Waals surface area contributed by atoms with Crippen LogP contribution in [0.4, 0.5) is 0 Å². The van der Waals surface area contributed by atoms with Gasteiger partial charge in [-0.05, 0) is 31.1 Å². The Kier molecular flexibility index (Phi) is 2.50.